The van der Waals surface area contributed by atoms with Gasteiger partial charge in [-0.2, -0.15) is 5.26 Å². The van der Waals surface area contributed by atoms with Crippen LogP contribution in [0.5, 0.6) is 0 Å². The lowest BCUT2D eigenvalue weighted by Crippen LogP contribution is -2.33. The molecule has 0 saturated heterocycles. The van der Waals surface area contributed by atoms with Crippen molar-refractivity contribution < 1.29 is 9.90 Å². The fourth-order valence-electron chi connectivity index (χ4n) is 1.28. The first-order chi connectivity index (χ1) is 8.26. The second-order valence-corrected chi connectivity index (χ2v) is 3.51. The molecule has 0 fully saturated rings. The second kappa shape index (κ2) is 7.39. The lowest BCUT2D eigenvalue weighted by Gasteiger charge is -2.05. The minimum Gasteiger partial charge on any atom is -0.392 e. The summed E-state index contributed by atoms with van der Waals surface area (Å²) in [5.41, 5.74) is 1.90. The Labute approximate surface area is 100 Å². The maximum Gasteiger partial charge on any atom is 0.234 e. The standard InChI is InChI=1S/C12H15N3O2/c13-5-6-15-12(17)8-14-7-10-1-3-11(9-16)4-2-10/h1-4,14,16H,6-9H2,(H,15,17). The van der Waals surface area contributed by atoms with Crippen molar-refractivity contribution in [2.75, 3.05) is 13.1 Å². The van der Waals surface area contributed by atoms with E-state index < -0.39 is 0 Å². The number of amides is 1. The molecule has 0 atom stereocenters. The number of carbonyl (C=O) groups excluding carboxylic acids is 1. The van der Waals surface area contributed by atoms with Crippen LogP contribution < -0.4 is 10.6 Å². The number of hydrogen-bond donors (Lipinski definition) is 3. The smallest absolute Gasteiger partial charge is 0.234 e. The average Bonchev–Trinajstić information content (AvgIpc) is 2.37. The Morgan fingerprint density at radius 1 is 1.29 bits per heavy atom. The van der Waals surface area contributed by atoms with Crippen LogP contribution in [0.2, 0.25) is 0 Å². The van der Waals surface area contributed by atoms with Gasteiger partial charge in [-0.15, -0.1) is 0 Å². The number of hydrogen-bond acceptors (Lipinski definition) is 4. The zero-order valence-corrected chi connectivity index (χ0v) is 9.44. The number of aliphatic hydroxyl groups is 1. The van der Waals surface area contributed by atoms with Gasteiger partial charge in [0.25, 0.3) is 0 Å². The van der Waals surface area contributed by atoms with Crippen LogP contribution in [0.15, 0.2) is 24.3 Å². The van der Waals surface area contributed by atoms with Gasteiger partial charge in [-0.1, -0.05) is 24.3 Å². The molecule has 5 nitrogen and oxygen atoms in total. The lowest BCUT2D eigenvalue weighted by molar-refractivity contribution is -0.120. The summed E-state index contributed by atoms with van der Waals surface area (Å²) in [6.07, 6.45) is 0. The van der Waals surface area contributed by atoms with Gasteiger partial charge < -0.3 is 15.7 Å². The molecule has 0 aliphatic rings. The normalized spacial score (nSPS) is 9.65. The van der Waals surface area contributed by atoms with Gasteiger partial charge in [0.2, 0.25) is 5.91 Å². The van der Waals surface area contributed by atoms with Crippen LogP contribution in [0.25, 0.3) is 0 Å². The molecule has 1 amide bonds. The first kappa shape index (κ1) is 13.2. The molecule has 0 heterocycles. The minimum absolute atomic E-state index is 0.0320. The monoisotopic (exact) mass is 233 g/mol. The van der Waals surface area contributed by atoms with Gasteiger partial charge in [0.05, 0.1) is 19.2 Å². The van der Waals surface area contributed by atoms with Gasteiger partial charge in [0, 0.05) is 6.54 Å². The Morgan fingerprint density at radius 3 is 2.53 bits per heavy atom. The Bertz CT molecular complexity index is 395. The topological polar surface area (TPSA) is 85.2 Å². The third-order valence-corrected chi connectivity index (χ3v) is 2.18. The number of benzene rings is 1. The first-order valence-electron chi connectivity index (χ1n) is 5.29. The van der Waals surface area contributed by atoms with E-state index in [1.807, 2.05) is 30.3 Å². The van der Waals surface area contributed by atoms with E-state index in [0.717, 1.165) is 11.1 Å². The maximum atomic E-state index is 11.1. The molecule has 1 rings (SSSR count). The van der Waals surface area contributed by atoms with Crippen molar-refractivity contribution in [2.45, 2.75) is 13.2 Å². The fourth-order valence-corrected chi connectivity index (χ4v) is 1.28. The molecule has 0 aliphatic heterocycles. The van der Waals surface area contributed by atoms with E-state index in [1.54, 1.807) is 0 Å². The molecule has 5 heteroatoms. The maximum absolute atomic E-state index is 11.1. The van der Waals surface area contributed by atoms with E-state index in [2.05, 4.69) is 10.6 Å². The molecule has 0 bridgehead atoms. The molecule has 0 aromatic heterocycles. The number of nitriles is 1. The zero-order valence-electron chi connectivity index (χ0n) is 9.44. The highest BCUT2D eigenvalue weighted by molar-refractivity contribution is 5.78. The molecule has 17 heavy (non-hydrogen) atoms. The van der Waals surface area contributed by atoms with Crippen LogP contribution in [-0.2, 0) is 17.9 Å². The van der Waals surface area contributed by atoms with Crippen LogP contribution in [0.3, 0.4) is 0 Å². The largest absolute Gasteiger partial charge is 0.392 e. The van der Waals surface area contributed by atoms with E-state index in [1.165, 1.54) is 0 Å². The van der Waals surface area contributed by atoms with Crippen molar-refractivity contribution >= 4 is 5.91 Å². The number of carbonyl (C=O) groups is 1. The Balaban J connectivity index is 2.26. The molecule has 1 aromatic carbocycles. The zero-order chi connectivity index (χ0) is 12.5. The molecular formula is C12H15N3O2. The summed E-state index contributed by atoms with van der Waals surface area (Å²) < 4.78 is 0. The number of rotatable bonds is 6. The summed E-state index contributed by atoms with van der Waals surface area (Å²) in [4.78, 5) is 11.1. The van der Waals surface area contributed by atoms with Crippen molar-refractivity contribution in [3.63, 3.8) is 0 Å². The Kier molecular flexibility index (Phi) is 5.72. The molecule has 0 saturated carbocycles. The number of aliphatic hydroxyl groups excluding tert-OH is 1. The highest BCUT2D eigenvalue weighted by Gasteiger charge is 1.99. The van der Waals surface area contributed by atoms with Crippen molar-refractivity contribution in [1.82, 2.24) is 10.6 Å². The predicted octanol–water partition coefficient (Wildman–Crippen LogP) is -0.0917. The van der Waals surface area contributed by atoms with Gasteiger partial charge in [-0.05, 0) is 11.1 Å². The highest BCUT2D eigenvalue weighted by atomic mass is 16.3. The SMILES string of the molecule is N#CCNC(=O)CNCc1ccc(CO)cc1. The summed E-state index contributed by atoms with van der Waals surface area (Å²) in [7, 11) is 0. The van der Waals surface area contributed by atoms with Crippen molar-refractivity contribution in [3.05, 3.63) is 35.4 Å². The quantitative estimate of drug-likeness (QED) is 0.599. The molecule has 3 N–H and O–H groups in total. The van der Waals surface area contributed by atoms with Crippen LogP contribution in [0.1, 0.15) is 11.1 Å². The van der Waals surface area contributed by atoms with Gasteiger partial charge >= 0.3 is 0 Å². The van der Waals surface area contributed by atoms with Crippen LogP contribution >= 0.6 is 0 Å². The molecule has 1 aromatic rings. The van der Waals surface area contributed by atoms with E-state index in [9.17, 15) is 4.79 Å². The molecule has 0 aliphatic carbocycles. The summed E-state index contributed by atoms with van der Waals surface area (Å²) >= 11 is 0. The van der Waals surface area contributed by atoms with E-state index in [0.29, 0.717) is 6.54 Å². The van der Waals surface area contributed by atoms with Crippen LogP contribution in [-0.4, -0.2) is 24.1 Å². The first-order valence-corrected chi connectivity index (χ1v) is 5.29. The third kappa shape index (κ3) is 5.11. The molecule has 0 unspecified atom stereocenters. The summed E-state index contributed by atoms with van der Waals surface area (Å²) in [6.45, 7) is 0.825. The second-order valence-electron chi connectivity index (χ2n) is 3.51. The van der Waals surface area contributed by atoms with Crippen LogP contribution in [0, 0.1) is 11.3 Å². The lowest BCUT2D eigenvalue weighted by atomic mass is 10.1. The fraction of sp³-hybridized carbons (Fsp3) is 0.333. The predicted molar refractivity (Wildman–Crippen MR) is 62.7 cm³/mol. The number of nitrogens with one attached hydrogen (secondary N) is 2. The van der Waals surface area contributed by atoms with E-state index in [4.69, 9.17) is 10.4 Å². The van der Waals surface area contributed by atoms with Gasteiger partial charge in [-0.25, -0.2) is 0 Å². The van der Waals surface area contributed by atoms with E-state index in [-0.39, 0.29) is 25.6 Å². The number of nitrogens with zero attached hydrogens (tertiary/aromatic N) is 1. The summed E-state index contributed by atoms with van der Waals surface area (Å²) in [5.74, 6) is -0.196. The van der Waals surface area contributed by atoms with Gasteiger partial charge in [0.1, 0.15) is 6.54 Å². The summed E-state index contributed by atoms with van der Waals surface area (Å²) in [5, 5.41) is 22.5. The molecule has 0 radical (unpaired) electrons. The molecule has 90 valence electrons. The van der Waals surface area contributed by atoms with Gasteiger partial charge in [-0.3, -0.25) is 4.79 Å². The average molecular weight is 233 g/mol. The molecule has 0 spiro atoms. The molecular weight excluding hydrogens is 218 g/mol. The Morgan fingerprint density at radius 2 is 1.94 bits per heavy atom. The Hall–Kier alpha value is -1.90. The minimum atomic E-state index is -0.196. The highest BCUT2D eigenvalue weighted by Crippen LogP contribution is 2.03. The van der Waals surface area contributed by atoms with Gasteiger partial charge in [0.15, 0.2) is 0 Å². The van der Waals surface area contributed by atoms with Crippen molar-refractivity contribution in [3.8, 4) is 6.07 Å². The van der Waals surface area contributed by atoms with E-state index >= 15 is 0 Å². The summed E-state index contributed by atoms with van der Waals surface area (Å²) in [6, 6.07) is 9.31. The van der Waals surface area contributed by atoms with Crippen LogP contribution in [0.4, 0.5) is 0 Å². The van der Waals surface area contributed by atoms with Crippen molar-refractivity contribution in [1.29, 1.82) is 5.26 Å². The van der Waals surface area contributed by atoms with Crippen molar-refractivity contribution in [2.24, 2.45) is 0 Å². The third-order valence-electron chi connectivity index (χ3n) is 2.18.